The van der Waals surface area contributed by atoms with Gasteiger partial charge in [0.05, 0.1) is 5.69 Å². The number of hydrogen-bond acceptors (Lipinski definition) is 5. The molecule has 2 aromatic rings. The van der Waals surface area contributed by atoms with Crippen LogP contribution in [0.3, 0.4) is 0 Å². The maximum atomic E-state index is 13.0. The molecule has 2 saturated carbocycles. The van der Waals surface area contributed by atoms with E-state index in [1.54, 1.807) is 9.80 Å². The van der Waals surface area contributed by atoms with Gasteiger partial charge in [0, 0.05) is 44.8 Å². The van der Waals surface area contributed by atoms with E-state index in [0.29, 0.717) is 44.6 Å². The molecule has 2 aliphatic heterocycles. The predicted octanol–water partition coefficient (Wildman–Crippen LogP) is 2.40. The number of carbonyl (C=O) groups is 2. The molecular formula is C26H30N4O3. The summed E-state index contributed by atoms with van der Waals surface area (Å²) in [6, 6.07) is 14.4. The fourth-order valence-electron chi connectivity index (χ4n) is 4.88. The van der Waals surface area contributed by atoms with Crippen molar-refractivity contribution in [3.05, 3.63) is 53.6 Å². The maximum absolute atomic E-state index is 13.0. The zero-order valence-corrected chi connectivity index (χ0v) is 18.8. The minimum atomic E-state index is -1.13. The second kappa shape index (κ2) is 7.85. The fourth-order valence-corrected chi connectivity index (χ4v) is 4.88. The van der Waals surface area contributed by atoms with Gasteiger partial charge in [-0.05, 0) is 72.6 Å². The van der Waals surface area contributed by atoms with Crippen LogP contribution in [0.4, 0.5) is 5.69 Å². The zero-order chi connectivity index (χ0) is 22.6. The Balaban J connectivity index is 1.09. The third kappa shape index (κ3) is 4.00. The van der Waals surface area contributed by atoms with Gasteiger partial charge in [-0.2, -0.15) is 0 Å². The van der Waals surface area contributed by atoms with E-state index in [1.165, 1.54) is 24.1 Å². The first kappa shape index (κ1) is 20.7. The molecule has 7 nitrogen and oxygen atoms in total. The Morgan fingerprint density at radius 3 is 2.27 bits per heavy atom. The topological polar surface area (TPSA) is 76.1 Å². The van der Waals surface area contributed by atoms with E-state index in [0.717, 1.165) is 30.1 Å². The fraction of sp³-hybridized carbons (Fsp3) is 0.462. The number of carbonyl (C=O) groups excluding carboxylic acids is 2. The SMILES string of the molecule is O=C(c1ccc(-c2ccc3c(c2)CNN3CC2CC2)cc1)N1CCN(C(=O)C2(O)CC2)CC1. The standard InChI is InChI=1S/C26H30N4O3/c31-24(28-11-13-29(14-12-28)25(32)26(33)9-10-26)20-5-3-19(4-6-20)21-7-8-23-22(15-21)16-27-30(23)17-18-1-2-18/h3-8,15,18,27,33H,1-2,9-14,16-17H2. The van der Waals surface area contributed by atoms with Crippen molar-refractivity contribution in [1.29, 1.82) is 0 Å². The quantitative estimate of drug-likeness (QED) is 0.738. The lowest BCUT2D eigenvalue weighted by Crippen LogP contribution is -2.53. The molecule has 0 atom stereocenters. The maximum Gasteiger partial charge on any atom is 0.254 e. The summed E-state index contributed by atoms with van der Waals surface area (Å²) in [7, 11) is 0. The van der Waals surface area contributed by atoms with E-state index in [9.17, 15) is 14.7 Å². The summed E-state index contributed by atoms with van der Waals surface area (Å²) in [6.07, 6.45) is 3.79. The second-order valence-electron chi connectivity index (χ2n) is 9.93. The Bertz CT molecular complexity index is 1080. The molecule has 2 aliphatic carbocycles. The van der Waals surface area contributed by atoms with Crippen LogP contribution in [-0.4, -0.2) is 65.0 Å². The number of benzene rings is 2. The van der Waals surface area contributed by atoms with Crippen molar-refractivity contribution in [2.24, 2.45) is 5.92 Å². The molecule has 6 rings (SSSR count). The first-order valence-electron chi connectivity index (χ1n) is 12.1. The van der Waals surface area contributed by atoms with Crippen LogP contribution >= 0.6 is 0 Å². The van der Waals surface area contributed by atoms with Crippen molar-refractivity contribution in [2.75, 3.05) is 37.7 Å². The van der Waals surface area contributed by atoms with E-state index in [2.05, 4.69) is 28.6 Å². The largest absolute Gasteiger partial charge is 0.380 e. The Morgan fingerprint density at radius 1 is 0.939 bits per heavy atom. The van der Waals surface area contributed by atoms with Crippen molar-refractivity contribution < 1.29 is 14.7 Å². The summed E-state index contributed by atoms with van der Waals surface area (Å²) < 4.78 is 0. The van der Waals surface area contributed by atoms with E-state index in [-0.39, 0.29) is 11.8 Å². The van der Waals surface area contributed by atoms with Crippen LogP contribution in [0, 0.1) is 5.92 Å². The number of hydrazine groups is 1. The van der Waals surface area contributed by atoms with E-state index in [1.807, 2.05) is 24.3 Å². The normalized spacial score (nSPS) is 21.2. The zero-order valence-electron chi connectivity index (χ0n) is 18.8. The smallest absolute Gasteiger partial charge is 0.254 e. The van der Waals surface area contributed by atoms with Crippen molar-refractivity contribution in [3.63, 3.8) is 0 Å². The Morgan fingerprint density at radius 2 is 1.61 bits per heavy atom. The minimum absolute atomic E-state index is 0.00680. The summed E-state index contributed by atoms with van der Waals surface area (Å²) in [4.78, 5) is 28.8. The van der Waals surface area contributed by atoms with Gasteiger partial charge in [-0.1, -0.05) is 18.2 Å². The van der Waals surface area contributed by atoms with E-state index in [4.69, 9.17) is 0 Å². The lowest BCUT2D eigenvalue weighted by Gasteiger charge is -2.35. The monoisotopic (exact) mass is 446 g/mol. The lowest BCUT2D eigenvalue weighted by molar-refractivity contribution is -0.143. The number of amides is 2. The molecule has 0 bridgehead atoms. The summed E-state index contributed by atoms with van der Waals surface area (Å²) in [6.45, 7) is 3.90. The molecule has 2 heterocycles. The average molecular weight is 447 g/mol. The minimum Gasteiger partial charge on any atom is -0.380 e. The van der Waals surface area contributed by atoms with Gasteiger partial charge in [0.2, 0.25) is 0 Å². The number of aliphatic hydroxyl groups is 1. The highest BCUT2D eigenvalue weighted by Gasteiger charge is 2.50. The number of fused-ring (bicyclic) bond motifs is 1. The second-order valence-corrected chi connectivity index (χ2v) is 9.93. The van der Waals surface area contributed by atoms with Gasteiger partial charge in [0.1, 0.15) is 5.60 Å². The molecule has 3 fully saturated rings. The molecule has 2 aromatic carbocycles. The van der Waals surface area contributed by atoms with Crippen molar-refractivity contribution in [2.45, 2.75) is 37.8 Å². The van der Waals surface area contributed by atoms with Crippen LogP contribution < -0.4 is 10.4 Å². The molecule has 4 aliphatic rings. The molecule has 1 saturated heterocycles. The number of anilines is 1. The van der Waals surface area contributed by atoms with Crippen LogP contribution in [0.25, 0.3) is 11.1 Å². The first-order chi connectivity index (χ1) is 16.0. The van der Waals surface area contributed by atoms with E-state index < -0.39 is 5.60 Å². The summed E-state index contributed by atoms with van der Waals surface area (Å²) in [5.41, 5.74) is 7.89. The summed E-state index contributed by atoms with van der Waals surface area (Å²) in [5.74, 6) is 0.646. The van der Waals surface area contributed by atoms with Crippen LogP contribution in [0.15, 0.2) is 42.5 Å². The highest BCUT2D eigenvalue weighted by Crippen LogP contribution is 2.37. The average Bonchev–Trinajstić information content (AvgIpc) is 3.78. The molecule has 2 amide bonds. The number of piperazine rings is 1. The molecule has 0 unspecified atom stereocenters. The molecule has 7 heteroatoms. The van der Waals surface area contributed by atoms with Crippen LogP contribution in [0.2, 0.25) is 0 Å². The van der Waals surface area contributed by atoms with Gasteiger partial charge in [-0.3, -0.25) is 9.59 Å². The Kier molecular flexibility index (Phi) is 4.92. The summed E-state index contributed by atoms with van der Waals surface area (Å²) in [5, 5.41) is 12.3. The predicted molar refractivity (Wildman–Crippen MR) is 125 cm³/mol. The van der Waals surface area contributed by atoms with Gasteiger partial charge >= 0.3 is 0 Å². The first-order valence-corrected chi connectivity index (χ1v) is 12.1. The third-order valence-corrected chi connectivity index (χ3v) is 7.41. The molecule has 0 spiro atoms. The molecule has 0 aromatic heterocycles. The molecule has 2 N–H and O–H groups in total. The highest BCUT2D eigenvalue weighted by molar-refractivity contribution is 5.95. The van der Waals surface area contributed by atoms with Crippen LogP contribution in [0.1, 0.15) is 41.6 Å². The number of hydrogen-bond donors (Lipinski definition) is 2. The Hall–Kier alpha value is -2.90. The van der Waals surface area contributed by atoms with Crippen LogP contribution in [-0.2, 0) is 11.3 Å². The molecular weight excluding hydrogens is 416 g/mol. The molecule has 33 heavy (non-hydrogen) atoms. The summed E-state index contributed by atoms with van der Waals surface area (Å²) >= 11 is 0. The third-order valence-electron chi connectivity index (χ3n) is 7.41. The Labute approximate surface area is 193 Å². The van der Waals surface area contributed by atoms with Crippen molar-refractivity contribution in [3.8, 4) is 11.1 Å². The van der Waals surface area contributed by atoms with Crippen molar-refractivity contribution >= 4 is 17.5 Å². The number of nitrogens with zero attached hydrogens (tertiary/aromatic N) is 3. The van der Waals surface area contributed by atoms with Gasteiger partial charge in [0.15, 0.2) is 0 Å². The lowest BCUT2D eigenvalue weighted by atomic mass is 10.0. The van der Waals surface area contributed by atoms with Gasteiger partial charge in [-0.15, -0.1) is 0 Å². The van der Waals surface area contributed by atoms with Crippen LogP contribution in [0.5, 0.6) is 0 Å². The van der Waals surface area contributed by atoms with E-state index >= 15 is 0 Å². The van der Waals surface area contributed by atoms with Gasteiger partial charge in [-0.25, -0.2) is 5.43 Å². The molecule has 172 valence electrons. The number of rotatable bonds is 5. The van der Waals surface area contributed by atoms with Gasteiger partial charge < -0.3 is 19.9 Å². The van der Waals surface area contributed by atoms with Gasteiger partial charge in [0.25, 0.3) is 11.8 Å². The number of nitrogens with one attached hydrogen (secondary N) is 1. The van der Waals surface area contributed by atoms with Crippen molar-refractivity contribution in [1.82, 2.24) is 15.2 Å². The highest BCUT2D eigenvalue weighted by atomic mass is 16.3. The molecule has 0 radical (unpaired) electrons.